The molecule has 3 atom stereocenters. The molecule has 270 valence electrons. The second-order valence-electron chi connectivity index (χ2n) is 14.0. The van der Waals surface area contributed by atoms with E-state index in [0.29, 0.717) is 18.5 Å². The number of aryl methyl sites for hydroxylation is 1. The van der Waals surface area contributed by atoms with Crippen LogP contribution in [0.4, 0.5) is 43.8 Å². The fourth-order valence-corrected chi connectivity index (χ4v) is 8.74. The second kappa shape index (κ2) is 11.3. The summed E-state index contributed by atoms with van der Waals surface area (Å²) in [5.41, 5.74) is 7.45. The predicted molar refractivity (Wildman–Crippen MR) is 177 cm³/mol. The van der Waals surface area contributed by atoms with E-state index in [1.165, 1.54) is 13.1 Å². The number of nitrogen functional groups attached to an aromatic ring is 2. The number of benzene rings is 1. The van der Waals surface area contributed by atoms with Crippen molar-refractivity contribution in [3.05, 3.63) is 51.9 Å². The Hall–Kier alpha value is -4.31. The summed E-state index contributed by atoms with van der Waals surface area (Å²) in [7, 11) is 0. The number of nitrogens with zero attached hydrogens (tertiary/aromatic N) is 6. The van der Waals surface area contributed by atoms with Crippen LogP contribution in [-0.2, 0) is 6.18 Å². The topological polar surface area (TPSA) is 129 Å². The first-order chi connectivity index (χ1) is 24.1. The minimum atomic E-state index is -4.95. The minimum absolute atomic E-state index is 0.00677. The molecule has 1 spiro atoms. The Morgan fingerprint density at radius 3 is 2.61 bits per heavy atom. The molecular weight excluding hydrogens is 702 g/mol. The lowest BCUT2D eigenvalue weighted by molar-refractivity contribution is -0.137. The van der Waals surface area contributed by atoms with Crippen LogP contribution < -0.4 is 25.8 Å². The highest BCUT2D eigenvalue weighted by atomic mass is 35.5. The van der Waals surface area contributed by atoms with Crippen molar-refractivity contribution in [2.24, 2.45) is 5.41 Å². The number of pyridine rings is 2. The van der Waals surface area contributed by atoms with Crippen molar-refractivity contribution in [3.63, 3.8) is 0 Å². The van der Waals surface area contributed by atoms with Crippen molar-refractivity contribution in [2.45, 2.75) is 63.2 Å². The van der Waals surface area contributed by atoms with Crippen LogP contribution >= 0.6 is 11.6 Å². The van der Waals surface area contributed by atoms with Crippen LogP contribution in [0.25, 0.3) is 22.2 Å². The summed E-state index contributed by atoms with van der Waals surface area (Å²) in [5.74, 6) is -4.05. The lowest BCUT2D eigenvalue weighted by Gasteiger charge is -2.32. The Morgan fingerprint density at radius 2 is 1.90 bits per heavy atom. The van der Waals surface area contributed by atoms with E-state index in [0.717, 1.165) is 12.5 Å². The third-order valence-electron chi connectivity index (χ3n) is 10.9. The number of nitrogens with two attached hydrogens (primary N) is 2. The monoisotopic (exact) mass is 734 g/mol. The molecule has 8 rings (SSSR count). The number of rotatable bonds is 6. The third-order valence-corrected chi connectivity index (χ3v) is 11.3. The van der Waals surface area contributed by atoms with Crippen molar-refractivity contribution in [1.29, 1.82) is 0 Å². The molecule has 0 bridgehead atoms. The van der Waals surface area contributed by atoms with Gasteiger partial charge in [0.25, 0.3) is 5.92 Å². The molecule has 10 nitrogen and oxygen atoms in total. The predicted octanol–water partition coefficient (Wildman–Crippen LogP) is 6.97. The highest BCUT2D eigenvalue weighted by molar-refractivity contribution is 6.36. The maximum absolute atomic E-state index is 17.1. The molecule has 1 aliphatic carbocycles. The van der Waals surface area contributed by atoms with Crippen molar-refractivity contribution >= 4 is 40.0 Å². The van der Waals surface area contributed by atoms with Crippen LogP contribution in [-0.4, -0.2) is 69.1 Å². The van der Waals surface area contributed by atoms with Gasteiger partial charge in [-0.25, -0.2) is 23.1 Å². The maximum Gasteiger partial charge on any atom is 0.418 e. The first-order valence-corrected chi connectivity index (χ1v) is 16.9. The molecule has 2 saturated heterocycles. The van der Waals surface area contributed by atoms with Crippen LogP contribution in [0.3, 0.4) is 0 Å². The molecule has 3 aliphatic heterocycles. The van der Waals surface area contributed by atoms with E-state index in [1.54, 1.807) is 17.0 Å². The van der Waals surface area contributed by atoms with Gasteiger partial charge in [0.1, 0.15) is 36.2 Å². The van der Waals surface area contributed by atoms with Crippen molar-refractivity contribution < 1.29 is 35.8 Å². The van der Waals surface area contributed by atoms with Gasteiger partial charge in [-0.15, -0.1) is 0 Å². The van der Waals surface area contributed by atoms with Gasteiger partial charge >= 0.3 is 12.2 Å². The van der Waals surface area contributed by atoms with Gasteiger partial charge in [0.15, 0.2) is 11.6 Å². The van der Waals surface area contributed by atoms with Crippen molar-refractivity contribution in [3.8, 4) is 23.0 Å². The third kappa shape index (κ3) is 5.19. The average molecular weight is 735 g/mol. The van der Waals surface area contributed by atoms with E-state index in [4.69, 9.17) is 37.5 Å². The largest absolute Gasteiger partial charge is 0.489 e. The van der Waals surface area contributed by atoms with Gasteiger partial charge in [-0.2, -0.15) is 23.1 Å². The summed E-state index contributed by atoms with van der Waals surface area (Å²) in [6.45, 7) is 3.96. The molecule has 0 unspecified atom stereocenters. The standard InChI is InChI=1S/C34H33ClF6N8O2/c1-16-11-19(42)45-25(22(16)34(39,40)41)20-23(35)27-21-26(24(20)36)46-30(51-15-32-6-4-8-48(32)14-31(12-32)13-33(31,37)38)47-29(21)49(9-10-50-27)17(2)18-5-3-7-44-28(18)43/h3,5,7,11,17H,4,6,8-10,12-15H2,1-2H3,(H2,42,45)(H2,43,44)/t17-,31-,32+/m1/s1. The second-order valence-corrected chi connectivity index (χ2v) is 14.4. The van der Waals surface area contributed by atoms with Crippen molar-refractivity contribution in [1.82, 2.24) is 24.8 Å². The smallest absolute Gasteiger partial charge is 0.418 e. The normalized spacial score (nSPS) is 24.5. The van der Waals surface area contributed by atoms with Crippen LogP contribution in [0.15, 0.2) is 24.4 Å². The number of fused-ring (bicyclic) bond motifs is 1. The van der Waals surface area contributed by atoms with E-state index in [2.05, 4.69) is 15.0 Å². The fraction of sp³-hybridized carbons (Fsp3) is 0.471. The van der Waals surface area contributed by atoms with E-state index in [1.807, 2.05) is 11.8 Å². The zero-order chi connectivity index (χ0) is 36.2. The number of hydrogen-bond donors (Lipinski definition) is 2. The van der Waals surface area contributed by atoms with Gasteiger partial charge < -0.3 is 25.8 Å². The molecule has 1 aromatic carbocycles. The molecule has 1 saturated carbocycles. The van der Waals surface area contributed by atoms with Crippen LogP contribution in [0, 0.1) is 18.2 Å². The maximum atomic E-state index is 17.1. The Bertz CT molecular complexity index is 2100. The fourth-order valence-electron chi connectivity index (χ4n) is 8.42. The summed E-state index contributed by atoms with van der Waals surface area (Å²) in [6.07, 6.45) is -1.98. The summed E-state index contributed by atoms with van der Waals surface area (Å²) < 4.78 is 102. The van der Waals surface area contributed by atoms with Crippen molar-refractivity contribution in [2.75, 3.05) is 49.2 Å². The molecule has 3 fully saturated rings. The average Bonchev–Trinajstić information content (AvgIpc) is 3.25. The number of hydrogen-bond acceptors (Lipinski definition) is 10. The number of aromatic nitrogens is 4. The van der Waals surface area contributed by atoms with E-state index in [-0.39, 0.29) is 79.3 Å². The molecule has 0 amide bonds. The zero-order valence-corrected chi connectivity index (χ0v) is 28.3. The molecular formula is C34H33ClF6N8O2. The summed E-state index contributed by atoms with van der Waals surface area (Å²) in [4.78, 5) is 21.0. The number of halogens is 7. The van der Waals surface area contributed by atoms with Gasteiger partial charge in [-0.1, -0.05) is 17.7 Å². The van der Waals surface area contributed by atoms with Gasteiger partial charge in [0.05, 0.1) is 50.8 Å². The number of ether oxygens (including phenoxy) is 2. The quantitative estimate of drug-likeness (QED) is 0.201. The van der Waals surface area contributed by atoms with Crippen LogP contribution in [0.1, 0.15) is 55.3 Å². The van der Waals surface area contributed by atoms with Gasteiger partial charge in [0.2, 0.25) is 0 Å². The highest BCUT2D eigenvalue weighted by Crippen LogP contribution is 2.69. The van der Waals surface area contributed by atoms with Gasteiger partial charge in [-0.05, 0) is 57.4 Å². The van der Waals surface area contributed by atoms with Gasteiger partial charge in [0, 0.05) is 24.7 Å². The molecule has 6 heterocycles. The van der Waals surface area contributed by atoms with Crippen LogP contribution in [0.2, 0.25) is 5.02 Å². The first-order valence-electron chi connectivity index (χ1n) is 16.5. The van der Waals surface area contributed by atoms with E-state index >= 15 is 4.39 Å². The Kier molecular flexibility index (Phi) is 7.52. The molecule has 3 aromatic heterocycles. The summed E-state index contributed by atoms with van der Waals surface area (Å²) in [6, 6.07) is 3.70. The Morgan fingerprint density at radius 1 is 1.14 bits per heavy atom. The molecule has 4 aliphatic rings. The van der Waals surface area contributed by atoms with E-state index in [9.17, 15) is 22.0 Å². The molecule has 4 N–H and O–H groups in total. The Labute approximate surface area is 293 Å². The van der Waals surface area contributed by atoms with Gasteiger partial charge in [-0.3, -0.25) is 4.90 Å². The lowest BCUT2D eigenvalue weighted by Crippen LogP contribution is -2.43. The summed E-state index contributed by atoms with van der Waals surface area (Å²) >= 11 is 6.79. The minimum Gasteiger partial charge on any atom is -0.489 e. The SMILES string of the molecule is Cc1cc(N)nc(-c2c(Cl)c3c4c(nc(OC[C@@]56CCCN5C[C@]5(CC5(F)F)C6)nc4c2F)N([C@H](C)c2cccnc2N)CCO3)c1C(F)(F)F. The molecule has 0 radical (unpaired) electrons. The Balaban J connectivity index is 1.32. The number of alkyl halides is 5. The molecule has 51 heavy (non-hydrogen) atoms. The summed E-state index contributed by atoms with van der Waals surface area (Å²) in [5, 5.41) is -0.480. The highest BCUT2D eigenvalue weighted by Gasteiger charge is 2.77. The molecule has 4 aromatic rings. The zero-order valence-electron chi connectivity index (χ0n) is 27.6. The lowest BCUT2D eigenvalue weighted by atomic mass is 9.89. The number of anilines is 3. The first kappa shape index (κ1) is 33.8. The van der Waals surface area contributed by atoms with Crippen LogP contribution in [0.5, 0.6) is 11.8 Å². The molecule has 17 heteroatoms. The van der Waals surface area contributed by atoms with E-state index < -0.39 is 62.3 Å².